The molecule has 0 aliphatic carbocycles. The highest BCUT2D eigenvalue weighted by Gasteiger charge is 2.35. The summed E-state index contributed by atoms with van der Waals surface area (Å²) in [7, 11) is 0. The predicted octanol–water partition coefficient (Wildman–Crippen LogP) is 4.44. The lowest BCUT2D eigenvalue weighted by molar-refractivity contribution is -0.114. The minimum atomic E-state index is -0.436. The molecule has 0 fully saturated rings. The maximum Gasteiger partial charge on any atom is 0.283 e. The molecule has 1 N–H and O–H groups in total. The van der Waals surface area contributed by atoms with Crippen molar-refractivity contribution in [2.24, 2.45) is 10.1 Å². The highest BCUT2D eigenvalue weighted by Crippen LogP contribution is 2.31. The number of hydrogen-bond acceptors (Lipinski definition) is 5. The van der Waals surface area contributed by atoms with Crippen molar-refractivity contribution in [1.82, 2.24) is 5.01 Å². The summed E-state index contributed by atoms with van der Waals surface area (Å²) in [4.78, 5) is 16.7. The molecular formula is C21H17BrN4O2S. The number of aryl methyl sites for hydroxylation is 1. The quantitative estimate of drug-likeness (QED) is 0.519. The van der Waals surface area contributed by atoms with Gasteiger partial charge in [0, 0.05) is 10.9 Å². The number of rotatable bonds is 5. The van der Waals surface area contributed by atoms with Crippen molar-refractivity contribution in [3.05, 3.63) is 70.8 Å². The van der Waals surface area contributed by atoms with Crippen LogP contribution < -0.4 is 4.74 Å². The number of amidine groups is 2. The monoisotopic (exact) mass is 468 g/mol. The van der Waals surface area contributed by atoms with E-state index in [0.29, 0.717) is 11.8 Å². The molecule has 0 spiro atoms. The van der Waals surface area contributed by atoms with Crippen LogP contribution in [-0.2, 0) is 4.79 Å². The fourth-order valence-corrected chi connectivity index (χ4v) is 3.85. The fourth-order valence-electron chi connectivity index (χ4n) is 2.79. The van der Waals surface area contributed by atoms with Gasteiger partial charge in [0.1, 0.15) is 10.8 Å². The summed E-state index contributed by atoms with van der Waals surface area (Å²) >= 11 is 4.62. The molecule has 8 heteroatoms. The lowest BCUT2D eigenvalue weighted by Crippen LogP contribution is -2.35. The van der Waals surface area contributed by atoms with Crippen LogP contribution in [0.5, 0.6) is 5.75 Å². The second-order valence-corrected chi connectivity index (χ2v) is 8.15. The van der Waals surface area contributed by atoms with E-state index in [1.54, 1.807) is 6.08 Å². The van der Waals surface area contributed by atoms with Crippen LogP contribution in [0.2, 0.25) is 0 Å². The maximum atomic E-state index is 12.5. The Morgan fingerprint density at radius 3 is 2.59 bits per heavy atom. The summed E-state index contributed by atoms with van der Waals surface area (Å²) < 4.78 is 5.53. The number of carbonyl (C=O) groups is 1. The van der Waals surface area contributed by atoms with E-state index in [9.17, 15) is 4.79 Å². The van der Waals surface area contributed by atoms with Crippen LogP contribution in [0.1, 0.15) is 16.7 Å². The number of amides is 1. The molecule has 0 aromatic heterocycles. The van der Waals surface area contributed by atoms with Crippen molar-refractivity contribution in [2.45, 2.75) is 6.92 Å². The van der Waals surface area contributed by atoms with Gasteiger partial charge in [0.2, 0.25) is 5.17 Å². The number of carbonyl (C=O) groups excluding carboxylic acids is 1. The summed E-state index contributed by atoms with van der Waals surface area (Å²) in [6.07, 6.45) is 1.66. The normalized spacial score (nSPS) is 17.3. The Morgan fingerprint density at radius 2 is 1.90 bits per heavy atom. The smallest absolute Gasteiger partial charge is 0.283 e. The average Bonchev–Trinajstić information content (AvgIpc) is 3.15. The summed E-state index contributed by atoms with van der Waals surface area (Å²) in [5, 5.41) is 16.3. The zero-order valence-electron chi connectivity index (χ0n) is 15.6. The molecular weight excluding hydrogens is 452 g/mol. The molecule has 2 aromatic rings. The van der Waals surface area contributed by atoms with Crippen molar-refractivity contribution >= 4 is 55.7 Å². The van der Waals surface area contributed by atoms with Gasteiger partial charge in [0.15, 0.2) is 5.84 Å². The zero-order valence-corrected chi connectivity index (χ0v) is 18.0. The Bertz CT molecular complexity index is 1060. The first-order chi connectivity index (χ1) is 14.0. The van der Waals surface area contributed by atoms with E-state index in [2.05, 4.69) is 26.0 Å². The van der Waals surface area contributed by atoms with Gasteiger partial charge in [-0.3, -0.25) is 10.2 Å². The first-order valence-corrected chi connectivity index (χ1v) is 10.8. The molecule has 146 valence electrons. The van der Waals surface area contributed by atoms with Gasteiger partial charge in [-0.15, -0.1) is 0 Å². The Morgan fingerprint density at radius 1 is 1.17 bits per heavy atom. The predicted molar refractivity (Wildman–Crippen MR) is 121 cm³/mol. The van der Waals surface area contributed by atoms with Crippen LogP contribution in [0.3, 0.4) is 0 Å². The molecule has 0 atom stereocenters. The summed E-state index contributed by atoms with van der Waals surface area (Å²) in [6.45, 7) is 2.60. The molecule has 29 heavy (non-hydrogen) atoms. The number of fused-ring (bicyclic) bond motifs is 1. The van der Waals surface area contributed by atoms with E-state index in [1.165, 1.54) is 16.8 Å². The lowest BCUT2D eigenvalue weighted by Gasteiger charge is -2.20. The standard InChI is InChI=1S/C21H17BrN4O2S/c1-13-2-6-15(7-3-13)20-25-26-18(23)17(19(27)24-21(26)29-20)12-14-4-8-16(9-5-14)28-11-10-22/h2-9,12,23H,10-11H2,1H3/b17-12-,23-18?. The number of hydrazone groups is 1. The van der Waals surface area contributed by atoms with Gasteiger partial charge in [-0.05, 0) is 42.5 Å². The Kier molecular flexibility index (Phi) is 5.64. The maximum absolute atomic E-state index is 12.5. The molecule has 0 saturated heterocycles. The van der Waals surface area contributed by atoms with Crippen molar-refractivity contribution in [1.29, 1.82) is 5.41 Å². The zero-order chi connectivity index (χ0) is 20.4. The highest BCUT2D eigenvalue weighted by atomic mass is 79.9. The highest BCUT2D eigenvalue weighted by molar-refractivity contribution is 9.09. The molecule has 0 bridgehead atoms. The van der Waals surface area contributed by atoms with Crippen LogP contribution in [0.15, 0.2) is 64.2 Å². The van der Waals surface area contributed by atoms with Crippen LogP contribution in [-0.4, -0.2) is 38.9 Å². The molecule has 0 unspecified atom stereocenters. The van der Waals surface area contributed by atoms with E-state index in [1.807, 2.05) is 55.5 Å². The number of nitrogens with one attached hydrogen (secondary N) is 1. The van der Waals surface area contributed by atoms with Crippen LogP contribution in [0, 0.1) is 12.3 Å². The van der Waals surface area contributed by atoms with Gasteiger partial charge in [0.05, 0.1) is 12.2 Å². The Balaban J connectivity index is 1.58. The minimum absolute atomic E-state index is 0.0224. The number of hydrogen-bond donors (Lipinski definition) is 1. The minimum Gasteiger partial charge on any atom is -0.493 e. The van der Waals surface area contributed by atoms with Gasteiger partial charge in [-0.25, -0.2) is 0 Å². The van der Waals surface area contributed by atoms with Gasteiger partial charge >= 0.3 is 0 Å². The van der Waals surface area contributed by atoms with Crippen molar-refractivity contribution < 1.29 is 9.53 Å². The average molecular weight is 469 g/mol. The summed E-state index contributed by atoms with van der Waals surface area (Å²) in [6, 6.07) is 15.3. The Labute approximate surface area is 181 Å². The van der Waals surface area contributed by atoms with Gasteiger partial charge in [0.25, 0.3) is 5.91 Å². The molecule has 0 saturated carbocycles. The van der Waals surface area contributed by atoms with E-state index < -0.39 is 5.91 Å². The Hall–Kier alpha value is -2.71. The summed E-state index contributed by atoms with van der Waals surface area (Å²) in [5.74, 6) is 0.336. The molecule has 1 amide bonds. The van der Waals surface area contributed by atoms with Crippen molar-refractivity contribution in [3.63, 3.8) is 0 Å². The molecule has 2 aliphatic heterocycles. The van der Waals surface area contributed by atoms with Crippen LogP contribution in [0.25, 0.3) is 6.08 Å². The number of ether oxygens (including phenoxy) is 1. The van der Waals surface area contributed by atoms with E-state index >= 15 is 0 Å². The molecule has 6 nitrogen and oxygen atoms in total. The van der Waals surface area contributed by atoms with Crippen LogP contribution in [0.4, 0.5) is 0 Å². The summed E-state index contributed by atoms with van der Waals surface area (Å²) in [5.41, 5.74) is 3.08. The third kappa shape index (κ3) is 4.18. The van der Waals surface area contributed by atoms with E-state index in [0.717, 1.165) is 32.8 Å². The number of nitrogens with zero attached hydrogens (tertiary/aromatic N) is 3. The second-order valence-electron chi connectivity index (χ2n) is 6.40. The third-order valence-corrected chi connectivity index (χ3v) is 5.57. The second kappa shape index (κ2) is 8.34. The van der Waals surface area contributed by atoms with Crippen LogP contribution >= 0.6 is 27.7 Å². The van der Waals surface area contributed by atoms with Gasteiger partial charge in [-0.2, -0.15) is 15.1 Å². The fraction of sp³-hybridized carbons (Fsp3) is 0.143. The first-order valence-electron chi connectivity index (χ1n) is 8.91. The van der Waals surface area contributed by atoms with Crippen molar-refractivity contribution in [2.75, 3.05) is 11.9 Å². The number of halogens is 1. The number of alkyl halides is 1. The largest absolute Gasteiger partial charge is 0.493 e. The van der Waals surface area contributed by atoms with Crippen molar-refractivity contribution in [3.8, 4) is 5.75 Å². The first kappa shape index (κ1) is 19.6. The molecule has 2 aromatic carbocycles. The number of thioether (sulfide) groups is 1. The lowest BCUT2D eigenvalue weighted by atomic mass is 10.1. The molecule has 4 rings (SSSR count). The van der Waals surface area contributed by atoms with Gasteiger partial charge < -0.3 is 4.74 Å². The molecule has 2 aliphatic rings. The third-order valence-electron chi connectivity index (χ3n) is 4.29. The SMILES string of the molecule is Cc1ccc(C2=NN3C(=N)/C(=C/c4ccc(OCCBr)cc4)C(=O)N=C3S2)cc1. The topological polar surface area (TPSA) is 78.1 Å². The van der Waals surface area contributed by atoms with Gasteiger partial charge in [-0.1, -0.05) is 57.9 Å². The molecule has 0 radical (unpaired) electrons. The molecule has 2 heterocycles. The number of aliphatic imine (C=N–C) groups is 1. The van der Waals surface area contributed by atoms with E-state index in [4.69, 9.17) is 10.1 Å². The van der Waals surface area contributed by atoms with E-state index in [-0.39, 0.29) is 11.4 Å². The number of benzene rings is 2.